The molecule has 3 amide bonds. The van der Waals surface area contributed by atoms with Gasteiger partial charge in [0.15, 0.2) is 0 Å². The molecule has 5 rings (SSSR count). The first-order chi connectivity index (χ1) is 19.3. The third-order valence-corrected chi connectivity index (χ3v) is 8.49. The Morgan fingerprint density at radius 2 is 1.83 bits per heavy atom. The van der Waals surface area contributed by atoms with Crippen molar-refractivity contribution in [2.24, 2.45) is 11.3 Å². The maximum Gasteiger partial charge on any atom is 0.416 e. The number of H-pyrrole nitrogens is 1. The van der Waals surface area contributed by atoms with Gasteiger partial charge in [0.25, 0.3) is 5.91 Å². The van der Waals surface area contributed by atoms with Crippen molar-refractivity contribution in [1.82, 2.24) is 25.3 Å². The van der Waals surface area contributed by atoms with Crippen molar-refractivity contribution in [3.05, 3.63) is 65.1 Å². The van der Waals surface area contributed by atoms with E-state index in [0.717, 1.165) is 16.5 Å². The van der Waals surface area contributed by atoms with Crippen LogP contribution in [0, 0.1) is 17.2 Å². The third kappa shape index (κ3) is 5.15. The number of amides is 3. The smallest absolute Gasteiger partial charge is 0.345 e. The van der Waals surface area contributed by atoms with Gasteiger partial charge in [0.1, 0.15) is 11.9 Å². The minimum Gasteiger partial charge on any atom is -0.345 e. The average Bonchev–Trinajstić information content (AvgIpc) is 3.49. The molecule has 0 bridgehead atoms. The molecule has 2 aliphatic heterocycles. The molecule has 2 aromatic carbocycles. The fraction of sp³-hybridized carbons (Fsp3) is 0.448. The number of piperidine rings is 1. The topological polar surface area (TPSA) is 98.4 Å². The zero-order valence-electron chi connectivity index (χ0n) is 22.9. The van der Waals surface area contributed by atoms with Crippen LogP contribution in [0.5, 0.6) is 0 Å². The summed E-state index contributed by atoms with van der Waals surface area (Å²) in [5.74, 6) is -3.13. The molecule has 2 saturated heterocycles. The number of halogens is 4. The molecular formula is C29H31F4N5O3. The van der Waals surface area contributed by atoms with Gasteiger partial charge in [0.05, 0.1) is 28.3 Å². The first-order valence-corrected chi connectivity index (χ1v) is 13.5. The van der Waals surface area contributed by atoms with E-state index >= 15 is 0 Å². The molecule has 41 heavy (non-hydrogen) atoms. The van der Waals surface area contributed by atoms with Crippen LogP contribution in [0.25, 0.3) is 10.9 Å². The highest BCUT2D eigenvalue weighted by molar-refractivity contribution is 5.98. The average molecular weight is 574 g/mol. The number of benzene rings is 2. The highest BCUT2D eigenvalue weighted by Crippen LogP contribution is 2.50. The van der Waals surface area contributed by atoms with E-state index in [4.69, 9.17) is 0 Å². The lowest BCUT2D eigenvalue weighted by molar-refractivity contribution is -0.143. The predicted molar refractivity (Wildman–Crippen MR) is 142 cm³/mol. The summed E-state index contributed by atoms with van der Waals surface area (Å²) in [6.07, 6.45) is -2.19. The standard InChI is InChI=1S/C29H31F4N5O3/c1-16(2)24(35-25(39)20-13-19(29(31,32)33)5-6-22(20)30)26(40)38-10-8-28(9-11-38)21(15-37(3)27(28)41)17-4-7-23-18(12-17)14-34-36-23/h4-7,12-14,16,21,24H,8-11,15H2,1-3H3,(H,34,36)(H,35,39)/t21?,24-/m1/s1. The number of likely N-dealkylation sites (N-methyl/N-ethyl adjacent to an activating group) is 1. The lowest BCUT2D eigenvalue weighted by Crippen LogP contribution is -2.55. The summed E-state index contributed by atoms with van der Waals surface area (Å²) in [5.41, 5.74) is -0.724. The zero-order chi connectivity index (χ0) is 29.7. The second-order valence-corrected chi connectivity index (χ2v) is 11.3. The molecule has 0 saturated carbocycles. The van der Waals surface area contributed by atoms with Gasteiger partial charge in [-0.15, -0.1) is 0 Å². The van der Waals surface area contributed by atoms with E-state index in [0.29, 0.717) is 37.6 Å². The van der Waals surface area contributed by atoms with Gasteiger partial charge in [-0.1, -0.05) is 19.9 Å². The summed E-state index contributed by atoms with van der Waals surface area (Å²) in [6, 6.07) is 6.47. The van der Waals surface area contributed by atoms with Crippen LogP contribution < -0.4 is 5.32 Å². The number of aromatic nitrogens is 2. The first-order valence-electron chi connectivity index (χ1n) is 13.5. The van der Waals surface area contributed by atoms with Crippen LogP contribution in [0.15, 0.2) is 42.6 Å². The Labute approximate surface area is 234 Å². The fourth-order valence-electron chi connectivity index (χ4n) is 6.16. The van der Waals surface area contributed by atoms with E-state index in [1.54, 1.807) is 36.9 Å². The van der Waals surface area contributed by atoms with Gasteiger partial charge in [-0.3, -0.25) is 19.5 Å². The van der Waals surface area contributed by atoms with Gasteiger partial charge in [-0.2, -0.15) is 18.3 Å². The van der Waals surface area contributed by atoms with Crippen molar-refractivity contribution in [2.75, 3.05) is 26.7 Å². The number of nitrogens with zero attached hydrogens (tertiary/aromatic N) is 3. The van der Waals surface area contributed by atoms with E-state index < -0.39 is 52.3 Å². The SMILES string of the molecule is CC(C)[C@@H](NC(=O)c1cc(C(F)(F)F)ccc1F)C(=O)N1CCC2(CC1)C(=O)N(C)CC2c1ccc2[nH]ncc2c1. The molecule has 8 nitrogen and oxygen atoms in total. The van der Waals surface area contributed by atoms with Gasteiger partial charge in [0, 0.05) is 38.0 Å². The Bertz CT molecular complexity index is 1490. The second-order valence-electron chi connectivity index (χ2n) is 11.3. The number of nitrogens with one attached hydrogen (secondary N) is 2. The molecule has 218 valence electrons. The lowest BCUT2D eigenvalue weighted by Gasteiger charge is -2.42. The Kier molecular flexibility index (Phi) is 7.29. The number of alkyl halides is 3. The number of carbonyl (C=O) groups is 3. The maximum absolute atomic E-state index is 14.3. The Hall–Kier alpha value is -3.96. The monoisotopic (exact) mass is 573 g/mol. The Balaban J connectivity index is 1.33. The number of fused-ring (bicyclic) bond motifs is 1. The summed E-state index contributed by atoms with van der Waals surface area (Å²) < 4.78 is 53.8. The Morgan fingerprint density at radius 3 is 2.49 bits per heavy atom. The number of likely N-dealkylation sites (tertiary alicyclic amines) is 2. The number of aromatic amines is 1. The summed E-state index contributed by atoms with van der Waals surface area (Å²) >= 11 is 0. The molecule has 3 heterocycles. The molecule has 0 radical (unpaired) electrons. The van der Waals surface area contributed by atoms with E-state index in [1.165, 1.54) is 0 Å². The number of hydrogen-bond acceptors (Lipinski definition) is 4. The van der Waals surface area contributed by atoms with Crippen molar-refractivity contribution in [2.45, 2.75) is 44.8 Å². The molecule has 2 aliphatic rings. The van der Waals surface area contributed by atoms with Crippen LogP contribution in [0.1, 0.15) is 54.1 Å². The molecule has 2 atom stereocenters. The van der Waals surface area contributed by atoms with Gasteiger partial charge in [-0.25, -0.2) is 4.39 Å². The van der Waals surface area contributed by atoms with Crippen molar-refractivity contribution in [3.63, 3.8) is 0 Å². The van der Waals surface area contributed by atoms with Gasteiger partial charge in [0.2, 0.25) is 11.8 Å². The molecule has 2 fully saturated rings. The number of carbonyl (C=O) groups excluding carboxylic acids is 3. The minimum absolute atomic E-state index is 0.0237. The van der Waals surface area contributed by atoms with Crippen molar-refractivity contribution >= 4 is 28.6 Å². The van der Waals surface area contributed by atoms with Crippen LogP contribution in [0.2, 0.25) is 0 Å². The van der Waals surface area contributed by atoms with E-state index in [1.807, 2.05) is 18.2 Å². The van der Waals surface area contributed by atoms with Crippen LogP contribution >= 0.6 is 0 Å². The first kappa shape index (κ1) is 28.6. The third-order valence-electron chi connectivity index (χ3n) is 8.49. The van der Waals surface area contributed by atoms with E-state index in [-0.39, 0.29) is 24.9 Å². The van der Waals surface area contributed by atoms with Gasteiger partial charge < -0.3 is 15.1 Å². The zero-order valence-corrected chi connectivity index (χ0v) is 22.9. The van der Waals surface area contributed by atoms with Crippen LogP contribution in [-0.4, -0.2) is 70.4 Å². The van der Waals surface area contributed by atoms with Crippen molar-refractivity contribution < 1.29 is 31.9 Å². The summed E-state index contributed by atoms with van der Waals surface area (Å²) in [4.78, 5) is 43.2. The molecular weight excluding hydrogens is 542 g/mol. The molecule has 12 heteroatoms. The van der Waals surface area contributed by atoms with Gasteiger partial charge >= 0.3 is 6.18 Å². The highest BCUT2D eigenvalue weighted by Gasteiger charge is 2.55. The van der Waals surface area contributed by atoms with Crippen LogP contribution in [-0.2, 0) is 15.8 Å². The molecule has 1 unspecified atom stereocenters. The largest absolute Gasteiger partial charge is 0.416 e. The summed E-state index contributed by atoms with van der Waals surface area (Å²) in [7, 11) is 1.77. The maximum atomic E-state index is 14.3. The molecule has 0 aliphatic carbocycles. The minimum atomic E-state index is -4.76. The fourth-order valence-corrected chi connectivity index (χ4v) is 6.16. The molecule has 1 spiro atoms. The van der Waals surface area contributed by atoms with E-state index in [2.05, 4.69) is 15.5 Å². The quantitative estimate of drug-likeness (QED) is 0.444. The predicted octanol–water partition coefficient (Wildman–Crippen LogP) is 4.34. The highest BCUT2D eigenvalue weighted by atomic mass is 19.4. The summed E-state index contributed by atoms with van der Waals surface area (Å²) in [5, 5.41) is 10.4. The molecule has 2 N–H and O–H groups in total. The van der Waals surface area contributed by atoms with Crippen LogP contribution in [0.3, 0.4) is 0 Å². The summed E-state index contributed by atoms with van der Waals surface area (Å²) in [6.45, 7) is 4.45. The van der Waals surface area contributed by atoms with Gasteiger partial charge in [-0.05, 0) is 54.7 Å². The van der Waals surface area contributed by atoms with Crippen molar-refractivity contribution in [3.8, 4) is 0 Å². The Morgan fingerprint density at radius 1 is 1.12 bits per heavy atom. The number of hydrogen-bond donors (Lipinski definition) is 2. The molecule has 3 aromatic rings. The van der Waals surface area contributed by atoms with E-state index in [9.17, 15) is 31.9 Å². The van der Waals surface area contributed by atoms with Crippen LogP contribution in [0.4, 0.5) is 17.6 Å². The number of rotatable bonds is 5. The van der Waals surface area contributed by atoms with Crippen molar-refractivity contribution in [1.29, 1.82) is 0 Å². The normalized spacial score (nSPS) is 19.8. The second kappa shape index (κ2) is 10.5. The molecule has 1 aromatic heterocycles. The lowest BCUT2D eigenvalue weighted by atomic mass is 9.67.